The molecule has 3 nitrogen and oxygen atoms in total. The van der Waals surface area contributed by atoms with Crippen LogP contribution in [0.2, 0.25) is 0 Å². The van der Waals surface area contributed by atoms with E-state index in [0.717, 1.165) is 17.7 Å². The number of hydrogen-bond donors (Lipinski definition) is 0. The van der Waals surface area contributed by atoms with Crippen molar-refractivity contribution in [2.45, 2.75) is 18.8 Å². The van der Waals surface area contributed by atoms with Crippen LogP contribution in [0, 0.1) is 0 Å². The Balaban J connectivity index is 2.03. The second-order valence-electron chi connectivity index (χ2n) is 6.07. The molecule has 0 aromatic heterocycles. The van der Waals surface area contributed by atoms with E-state index in [4.69, 9.17) is 9.47 Å². The number of esters is 1. The van der Waals surface area contributed by atoms with E-state index in [2.05, 4.69) is 25.1 Å². The molecule has 0 spiro atoms. The van der Waals surface area contributed by atoms with Crippen molar-refractivity contribution in [1.82, 2.24) is 0 Å². The molecule has 0 bridgehead atoms. The minimum absolute atomic E-state index is 0.00628. The van der Waals surface area contributed by atoms with Crippen LogP contribution in [0.15, 0.2) is 36.4 Å². The van der Waals surface area contributed by atoms with Crippen LogP contribution in [0.25, 0.3) is 11.1 Å². The molecule has 2 aromatic carbocycles. The highest BCUT2D eigenvalue weighted by Crippen LogP contribution is 2.51. The Labute approximate surface area is 123 Å². The van der Waals surface area contributed by atoms with Gasteiger partial charge in [-0.05, 0) is 35.2 Å². The number of benzene rings is 2. The molecule has 2 aliphatic rings. The van der Waals surface area contributed by atoms with Gasteiger partial charge in [-0.25, -0.2) is 4.79 Å². The molecule has 106 valence electrons. The average Bonchev–Trinajstić information content (AvgIpc) is 2.84. The monoisotopic (exact) mass is 280 g/mol. The smallest absolute Gasteiger partial charge is 0.338 e. The topological polar surface area (TPSA) is 35.5 Å². The fraction of sp³-hybridized carbons (Fsp3) is 0.278. The van der Waals surface area contributed by atoms with Crippen molar-refractivity contribution >= 4 is 5.97 Å². The molecule has 0 unspecified atom stereocenters. The second-order valence-corrected chi connectivity index (χ2v) is 6.07. The van der Waals surface area contributed by atoms with E-state index in [9.17, 15) is 4.79 Å². The quantitative estimate of drug-likeness (QED) is 0.751. The minimum atomic E-state index is -0.325. The Kier molecular flexibility index (Phi) is 2.43. The summed E-state index contributed by atoms with van der Waals surface area (Å²) in [6.07, 6.45) is 0.973. The summed E-state index contributed by atoms with van der Waals surface area (Å²) in [5.74, 6) is 0.499. The van der Waals surface area contributed by atoms with Gasteiger partial charge in [0, 0.05) is 11.0 Å². The average molecular weight is 280 g/mol. The SMILES string of the molecule is COC(=O)c1cc2c3c(c1)-c1ccccc1C[C@]3(C)CO2. The highest BCUT2D eigenvalue weighted by atomic mass is 16.5. The van der Waals surface area contributed by atoms with Gasteiger partial charge in [-0.2, -0.15) is 0 Å². The minimum Gasteiger partial charge on any atom is -0.492 e. The third-order valence-electron chi connectivity index (χ3n) is 4.56. The fourth-order valence-electron chi connectivity index (χ4n) is 3.61. The summed E-state index contributed by atoms with van der Waals surface area (Å²) in [5, 5.41) is 0. The van der Waals surface area contributed by atoms with Crippen molar-refractivity contribution in [3.05, 3.63) is 53.1 Å². The first kappa shape index (κ1) is 12.5. The normalized spacial score (nSPS) is 21.2. The Morgan fingerprint density at radius 3 is 2.86 bits per heavy atom. The third-order valence-corrected chi connectivity index (χ3v) is 4.56. The maximum Gasteiger partial charge on any atom is 0.338 e. The fourth-order valence-corrected chi connectivity index (χ4v) is 3.61. The number of carbonyl (C=O) groups is 1. The summed E-state index contributed by atoms with van der Waals surface area (Å²) in [6, 6.07) is 12.1. The van der Waals surface area contributed by atoms with Crippen LogP contribution in [-0.4, -0.2) is 19.7 Å². The summed E-state index contributed by atoms with van der Waals surface area (Å²) in [4.78, 5) is 11.9. The van der Waals surface area contributed by atoms with Gasteiger partial charge in [0.1, 0.15) is 5.75 Å². The first-order valence-corrected chi connectivity index (χ1v) is 7.10. The summed E-state index contributed by atoms with van der Waals surface area (Å²) in [5.41, 5.74) is 5.39. The van der Waals surface area contributed by atoms with Gasteiger partial charge in [-0.1, -0.05) is 31.2 Å². The Morgan fingerprint density at radius 2 is 2.05 bits per heavy atom. The van der Waals surface area contributed by atoms with Crippen molar-refractivity contribution < 1.29 is 14.3 Å². The predicted octanol–water partition coefficient (Wildman–Crippen LogP) is 3.35. The van der Waals surface area contributed by atoms with Crippen molar-refractivity contribution in [2.75, 3.05) is 13.7 Å². The van der Waals surface area contributed by atoms with E-state index in [1.165, 1.54) is 23.8 Å². The van der Waals surface area contributed by atoms with Gasteiger partial charge in [0.15, 0.2) is 0 Å². The molecule has 0 radical (unpaired) electrons. The zero-order valence-corrected chi connectivity index (χ0v) is 12.1. The molecule has 3 heteroatoms. The lowest BCUT2D eigenvalue weighted by molar-refractivity contribution is 0.0600. The lowest BCUT2D eigenvalue weighted by atomic mass is 9.70. The van der Waals surface area contributed by atoms with Gasteiger partial charge in [0.2, 0.25) is 0 Å². The van der Waals surface area contributed by atoms with Crippen LogP contribution < -0.4 is 4.74 Å². The summed E-state index contributed by atoms with van der Waals surface area (Å²) in [7, 11) is 1.40. The second kappa shape index (κ2) is 4.10. The van der Waals surface area contributed by atoms with E-state index in [1.807, 2.05) is 18.2 Å². The molecule has 0 fully saturated rings. The molecular formula is C18H16O3. The highest BCUT2D eigenvalue weighted by molar-refractivity contribution is 5.93. The summed E-state index contributed by atoms with van der Waals surface area (Å²) < 4.78 is 10.7. The van der Waals surface area contributed by atoms with Crippen molar-refractivity contribution in [3.8, 4) is 16.9 Å². The predicted molar refractivity (Wildman–Crippen MR) is 79.8 cm³/mol. The van der Waals surface area contributed by atoms with Crippen LogP contribution in [0.4, 0.5) is 0 Å². The van der Waals surface area contributed by atoms with Gasteiger partial charge in [-0.15, -0.1) is 0 Å². The Morgan fingerprint density at radius 1 is 1.24 bits per heavy atom. The first-order valence-electron chi connectivity index (χ1n) is 7.10. The van der Waals surface area contributed by atoms with Gasteiger partial charge in [0.05, 0.1) is 19.3 Å². The zero-order chi connectivity index (χ0) is 14.6. The van der Waals surface area contributed by atoms with E-state index in [1.54, 1.807) is 0 Å². The number of rotatable bonds is 1. The van der Waals surface area contributed by atoms with E-state index in [0.29, 0.717) is 12.2 Å². The van der Waals surface area contributed by atoms with Crippen LogP contribution in [0.3, 0.4) is 0 Å². The third kappa shape index (κ3) is 1.63. The van der Waals surface area contributed by atoms with Crippen molar-refractivity contribution in [3.63, 3.8) is 0 Å². The van der Waals surface area contributed by atoms with Crippen molar-refractivity contribution in [2.24, 2.45) is 0 Å². The van der Waals surface area contributed by atoms with Gasteiger partial charge in [-0.3, -0.25) is 0 Å². The largest absolute Gasteiger partial charge is 0.492 e. The lowest BCUT2D eigenvalue weighted by Gasteiger charge is -2.31. The molecule has 0 amide bonds. The molecule has 0 N–H and O–H groups in total. The molecule has 21 heavy (non-hydrogen) atoms. The number of fused-ring (bicyclic) bond motifs is 2. The standard InChI is InChI=1S/C18H16O3/c1-18-9-11-5-3-4-6-13(11)14-7-12(17(19)20-2)8-15(16(14)18)21-10-18/h3-8H,9-10H2,1-2H3/t18-/m1/s1. The maximum atomic E-state index is 11.9. The molecule has 0 saturated carbocycles. The molecule has 1 aliphatic heterocycles. The molecule has 0 saturated heterocycles. The number of hydrogen-bond acceptors (Lipinski definition) is 3. The molecule has 1 heterocycles. The Bertz CT molecular complexity index is 763. The van der Waals surface area contributed by atoms with Crippen LogP contribution in [0.5, 0.6) is 5.75 Å². The van der Waals surface area contributed by atoms with Gasteiger partial charge < -0.3 is 9.47 Å². The number of ether oxygens (including phenoxy) is 2. The highest BCUT2D eigenvalue weighted by Gasteiger charge is 2.42. The van der Waals surface area contributed by atoms with E-state index < -0.39 is 0 Å². The Hall–Kier alpha value is -2.29. The molecule has 1 atom stereocenters. The van der Waals surface area contributed by atoms with Gasteiger partial charge >= 0.3 is 5.97 Å². The molecular weight excluding hydrogens is 264 g/mol. The van der Waals surface area contributed by atoms with E-state index >= 15 is 0 Å². The van der Waals surface area contributed by atoms with Crippen molar-refractivity contribution in [1.29, 1.82) is 0 Å². The van der Waals surface area contributed by atoms with Crippen LogP contribution in [-0.2, 0) is 16.6 Å². The van der Waals surface area contributed by atoms with Crippen LogP contribution in [0.1, 0.15) is 28.4 Å². The van der Waals surface area contributed by atoms with E-state index in [-0.39, 0.29) is 11.4 Å². The first-order chi connectivity index (χ1) is 10.1. The summed E-state index contributed by atoms with van der Waals surface area (Å²) in [6.45, 7) is 2.89. The number of carbonyl (C=O) groups excluding carboxylic acids is 1. The van der Waals surface area contributed by atoms with Crippen LogP contribution >= 0.6 is 0 Å². The number of methoxy groups -OCH3 is 1. The molecule has 1 aliphatic carbocycles. The van der Waals surface area contributed by atoms with Gasteiger partial charge in [0.25, 0.3) is 0 Å². The maximum absolute atomic E-state index is 11.9. The molecule has 2 aromatic rings. The zero-order valence-electron chi connectivity index (χ0n) is 12.1. The lowest BCUT2D eigenvalue weighted by Crippen LogP contribution is -2.30. The summed E-state index contributed by atoms with van der Waals surface area (Å²) >= 11 is 0. The molecule has 4 rings (SSSR count).